The predicted molar refractivity (Wildman–Crippen MR) is 61.8 cm³/mol. The summed E-state index contributed by atoms with van der Waals surface area (Å²) in [6, 6.07) is 6.19. The van der Waals surface area contributed by atoms with Crippen molar-refractivity contribution >= 4 is 5.69 Å². The van der Waals surface area contributed by atoms with Gasteiger partial charge in [-0.25, -0.2) is 0 Å². The average molecular weight is 235 g/mol. The first-order valence-electron chi connectivity index (χ1n) is 5.03. The quantitative estimate of drug-likeness (QED) is 0.615. The molecule has 1 N–H and O–H groups in total. The standard InChI is InChI=1S/C11H13N3O3/c1-8-10(14(15)16)4-3-5-11(8)17-7-9(6-12)13-2/h3-5,9,13H,7H2,1-2H3. The maximum Gasteiger partial charge on any atom is 0.276 e. The van der Waals surface area contributed by atoms with Crippen molar-refractivity contribution in [1.82, 2.24) is 5.32 Å². The Morgan fingerprint density at radius 3 is 2.88 bits per heavy atom. The summed E-state index contributed by atoms with van der Waals surface area (Å²) in [5.74, 6) is 0.426. The first kappa shape index (κ1) is 12.9. The lowest BCUT2D eigenvalue weighted by atomic mass is 10.2. The van der Waals surface area contributed by atoms with E-state index in [9.17, 15) is 10.1 Å². The summed E-state index contributed by atoms with van der Waals surface area (Å²) >= 11 is 0. The van der Waals surface area contributed by atoms with Gasteiger partial charge in [0, 0.05) is 6.07 Å². The number of nitrogens with zero attached hydrogens (tertiary/aromatic N) is 2. The Bertz CT molecular complexity index is 454. The number of hydrogen-bond donors (Lipinski definition) is 1. The number of likely N-dealkylation sites (N-methyl/N-ethyl adjacent to an activating group) is 1. The van der Waals surface area contributed by atoms with E-state index < -0.39 is 11.0 Å². The van der Waals surface area contributed by atoms with Crippen LogP contribution in [0.25, 0.3) is 0 Å². The lowest BCUT2D eigenvalue weighted by Gasteiger charge is -2.11. The lowest BCUT2D eigenvalue weighted by molar-refractivity contribution is -0.385. The summed E-state index contributed by atoms with van der Waals surface area (Å²) in [7, 11) is 1.65. The fourth-order valence-corrected chi connectivity index (χ4v) is 1.32. The van der Waals surface area contributed by atoms with Crippen LogP contribution in [0.1, 0.15) is 5.56 Å². The van der Waals surface area contributed by atoms with Crippen LogP contribution in [0, 0.1) is 28.4 Å². The highest BCUT2D eigenvalue weighted by molar-refractivity contribution is 5.48. The minimum atomic E-state index is -0.456. The number of benzene rings is 1. The molecule has 0 heterocycles. The van der Waals surface area contributed by atoms with Gasteiger partial charge in [0.15, 0.2) is 0 Å². The number of nitro groups is 1. The molecule has 1 atom stereocenters. The summed E-state index contributed by atoms with van der Waals surface area (Å²) in [6.07, 6.45) is 0. The van der Waals surface area contributed by atoms with Crippen molar-refractivity contribution < 1.29 is 9.66 Å². The van der Waals surface area contributed by atoms with Gasteiger partial charge in [-0.05, 0) is 20.0 Å². The fraction of sp³-hybridized carbons (Fsp3) is 0.364. The van der Waals surface area contributed by atoms with Gasteiger partial charge in [0.05, 0.1) is 16.6 Å². The Labute approximate surface area is 99.0 Å². The molecule has 1 rings (SSSR count). The van der Waals surface area contributed by atoms with Crippen molar-refractivity contribution in [3.8, 4) is 11.8 Å². The normalized spacial score (nSPS) is 11.6. The van der Waals surface area contributed by atoms with Crippen molar-refractivity contribution in [1.29, 1.82) is 5.26 Å². The molecule has 1 aromatic rings. The lowest BCUT2D eigenvalue weighted by Crippen LogP contribution is -2.30. The van der Waals surface area contributed by atoms with Crippen molar-refractivity contribution in [3.63, 3.8) is 0 Å². The van der Waals surface area contributed by atoms with Gasteiger partial charge in [-0.1, -0.05) is 6.07 Å². The number of rotatable bonds is 5. The van der Waals surface area contributed by atoms with E-state index in [1.165, 1.54) is 6.07 Å². The molecule has 6 nitrogen and oxygen atoms in total. The van der Waals surface area contributed by atoms with Gasteiger partial charge in [-0.15, -0.1) is 0 Å². The number of nitriles is 1. The van der Waals surface area contributed by atoms with Crippen molar-refractivity contribution in [2.45, 2.75) is 13.0 Å². The van der Waals surface area contributed by atoms with Crippen LogP contribution in [0.2, 0.25) is 0 Å². The number of hydrogen-bond acceptors (Lipinski definition) is 5. The molecule has 0 aromatic heterocycles. The molecule has 0 bridgehead atoms. The second-order valence-corrected chi connectivity index (χ2v) is 3.44. The molecular weight excluding hydrogens is 222 g/mol. The van der Waals surface area contributed by atoms with Crippen molar-refractivity contribution in [2.75, 3.05) is 13.7 Å². The summed E-state index contributed by atoms with van der Waals surface area (Å²) in [5, 5.41) is 22.2. The highest BCUT2D eigenvalue weighted by Gasteiger charge is 2.15. The molecular formula is C11H13N3O3. The van der Waals surface area contributed by atoms with Crippen LogP contribution in [0.5, 0.6) is 5.75 Å². The number of nitrogens with one attached hydrogen (secondary N) is 1. The maximum atomic E-state index is 10.7. The van der Waals surface area contributed by atoms with Crippen LogP contribution in [-0.2, 0) is 0 Å². The van der Waals surface area contributed by atoms with Gasteiger partial charge in [0.2, 0.25) is 0 Å². The zero-order valence-electron chi connectivity index (χ0n) is 9.64. The highest BCUT2D eigenvalue weighted by Crippen LogP contribution is 2.26. The monoisotopic (exact) mass is 235 g/mol. The molecule has 0 aliphatic rings. The molecule has 0 saturated carbocycles. The van der Waals surface area contributed by atoms with Gasteiger partial charge in [-0.3, -0.25) is 10.1 Å². The molecule has 90 valence electrons. The minimum absolute atomic E-state index is 0.0143. The molecule has 6 heteroatoms. The Morgan fingerprint density at radius 2 is 2.35 bits per heavy atom. The topological polar surface area (TPSA) is 88.2 Å². The van der Waals surface area contributed by atoms with Crippen LogP contribution in [0.3, 0.4) is 0 Å². The molecule has 1 aromatic carbocycles. The van der Waals surface area contributed by atoms with Gasteiger partial charge < -0.3 is 10.1 Å². The van der Waals surface area contributed by atoms with E-state index in [2.05, 4.69) is 5.32 Å². The molecule has 17 heavy (non-hydrogen) atoms. The number of ether oxygens (including phenoxy) is 1. The van der Waals surface area contributed by atoms with Crippen LogP contribution in [0.4, 0.5) is 5.69 Å². The van der Waals surface area contributed by atoms with Crippen molar-refractivity contribution in [3.05, 3.63) is 33.9 Å². The van der Waals surface area contributed by atoms with Crippen LogP contribution < -0.4 is 10.1 Å². The number of nitro benzene ring substituents is 1. The Balaban J connectivity index is 2.82. The summed E-state index contributed by atoms with van der Waals surface area (Å²) < 4.78 is 5.38. The van der Waals surface area contributed by atoms with Crippen LogP contribution in [-0.4, -0.2) is 24.6 Å². The third-order valence-electron chi connectivity index (χ3n) is 2.36. The fourth-order valence-electron chi connectivity index (χ4n) is 1.32. The van der Waals surface area contributed by atoms with Gasteiger partial charge >= 0.3 is 0 Å². The molecule has 0 aliphatic heterocycles. The molecule has 1 unspecified atom stereocenters. The largest absolute Gasteiger partial charge is 0.490 e. The van der Waals surface area contributed by atoms with E-state index in [1.807, 2.05) is 6.07 Å². The zero-order chi connectivity index (χ0) is 12.8. The Kier molecular flexibility index (Phi) is 4.43. The van der Waals surface area contributed by atoms with Crippen LogP contribution in [0.15, 0.2) is 18.2 Å². The first-order valence-corrected chi connectivity index (χ1v) is 5.03. The van der Waals surface area contributed by atoms with E-state index in [0.717, 1.165) is 0 Å². The van der Waals surface area contributed by atoms with E-state index in [1.54, 1.807) is 26.1 Å². The molecule has 0 aliphatic carbocycles. The molecule has 0 radical (unpaired) electrons. The second kappa shape index (κ2) is 5.82. The van der Waals surface area contributed by atoms with E-state index in [4.69, 9.17) is 10.00 Å². The van der Waals surface area contributed by atoms with Gasteiger partial charge in [-0.2, -0.15) is 5.26 Å². The zero-order valence-corrected chi connectivity index (χ0v) is 9.64. The third kappa shape index (κ3) is 3.16. The third-order valence-corrected chi connectivity index (χ3v) is 2.36. The average Bonchev–Trinajstić information content (AvgIpc) is 2.32. The van der Waals surface area contributed by atoms with Gasteiger partial charge in [0.1, 0.15) is 18.4 Å². The molecule has 0 saturated heterocycles. The molecule has 0 spiro atoms. The highest BCUT2D eigenvalue weighted by atomic mass is 16.6. The molecule has 0 amide bonds. The second-order valence-electron chi connectivity index (χ2n) is 3.44. The smallest absolute Gasteiger partial charge is 0.276 e. The van der Waals surface area contributed by atoms with Gasteiger partial charge in [0.25, 0.3) is 5.69 Å². The van der Waals surface area contributed by atoms with E-state index in [0.29, 0.717) is 11.3 Å². The summed E-state index contributed by atoms with van der Waals surface area (Å²) in [6.45, 7) is 1.77. The first-order chi connectivity index (χ1) is 8.10. The van der Waals surface area contributed by atoms with Crippen LogP contribution >= 0.6 is 0 Å². The molecule has 0 fully saturated rings. The summed E-state index contributed by atoms with van der Waals surface area (Å²) in [5.41, 5.74) is 0.478. The summed E-state index contributed by atoms with van der Waals surface area (Å²) in [4.78, 5) is 10.3. The minimum Gasteiger partial charge on any atom is -0.490 e. The van der Waals surface area contributed by atoms with Crippen molar-refractivity contribution in [2.24, 2.45) is 0 Å². The Hall–Kier alpha value is -2.13. The van der Waals surface area contributed by atoms with E-state index >= 15 is 0 Å². The maximum absolute atomic E-state index is 10.7. The predicted octanol–water partition coefficient (Wildman–Crippen LogP) is 1.39. The van der Waals surface area contributed by atoms with E-state index in [-0.39, 0.29) is 12.3 Å². The SMILES string of the molecule is CNC(C#N)COc1cccc([N+](=O)[O-])c1C. The Morgan fingerprint density at radius 1 is 1.65 bits per heavy atom.